The van der Waals surface area contributed by atoms with E-state index in [4.69, 9.17) is 0 Å². The maximum Gasteiger partial charge on any atom is 0.127 e. The van der Waals surface area contributed by atoms with Crippen LogP contribution >= 0.6 is 0 Å². The largest absolute Gasteiger partial charge is 0.337 e. The Balaban J connectivity index is 1.99. The van der Waals surface area contributed by atoms with Crippen LogP contribution in [0.2, 0.25) is 0 Å². The van der Waals surface area contributed by atoms with Crippen molar-refractivity contribution in [3.8, 4) is 0 Å². The van der Waals surface area contributed by atoms with Crippen molar-refractivity contribution in [1.29, 1.82) is 0 Å². The molecule has 78 valence electrons. The summed E-state index contributed by atoms with van der Waals surface area (Å²) < 4.78 is 1.96. The van der Waals surface area contributed by atoms with Gasteiger partial charge in [-0.3, -0.25) is 4.68 Å². The summed E-state index contributed by atoms with van der Waals surface area (Å²) in [5.41, 5.74) is 2.72. The van der Waals surface area contributed by atoms with E-state index in [0.717, 1.165) is 6.54 Å². The summed E-state index contributed by atoms with van der Waals surface area (Å²) in [6.07, 6.45) is 2.01. The highest BCUT2D eigenvalue weighted by Crippen LogP contribution is 2.02. The number of nitrogens with one attached hydrogen (secondary N) is 1. The number of aryl methyl sites for hydroxylation is 1. The summed E-state index contributed by atoms with van der Waals surface area (Å²) in [6, 6.07) is 0. The minimum Gasteiger partial charge on any atom is -0.337 e. The standard InChI is InChI=1S/C10H18N4/c1-9-10(7-12-13(9)2)8-14-5-3-11-4-6-14/h7,11H,3-6,8H2,1-2H3/p+2. The summed E-state index contributed by atoms with van der Waals surface area (Å²) in [7, 11) is 2.01. The molecule has 0 radical (unpaired) electrons. The molecule has 1 aliphatic heterocycles. The minimum atomic E-state index is 1.15. The van der Waals surface area contributed by atoms with E-state index in [9.17, 15) is 0 Å². The lowest BCUT2D eigenvalue weighted by Gasteiger charge is -2.21. The van der Waals surface area contributed by atoms with Crippen molar-refractivity contribution >= 4 is 0 Å². The summed E-state index contributed by atoms with van der Waals surface area (Å²) in [5.74, 6) is 0. The number of nitrogens with two attached hydrogens (primary N) is 1. The van der Waals surface area contributed by atoms with Crippen LogP contribution in [0.15, 0.2) is 6.20 Å². The Morgan fingerprint density at radius 3 is 2.79 bits per heavy atom. The lowest BCUT2D eigenvalue weighted by molar-refractivity contribution is -0.958. The second-order valence-electron chi connectivity index (χ2n) is 4.17. The molecule has 0 atom stereocenters. The van der Waals surface area contributed by atoms with Gasteiger partial charge in [0.25, 0.3) is 0 Å². The molecule has 0 bridgehead atoms. The van der Waals surface area contributed by atoms with E-state index in [1.807, 2.05) is 17.9 Å². The number of hydrogen-bond acceptors (Lipinski definition) is 1. The van der Waals surface area contributed by atoms with Gasteiger partial charge in [0.2, 0.25) is 0 Å². The van der Waals surface area contributed by atoms with E-state index >= 15 is 0 Å². The summed E-state index contributed by atoms with van der Waals surface area (Å²) >= 11 is 0. The van der Waals surface area contributed by atoms with Gasteiger partial charge in [-0.15, -0.1) is 0 Å². The van der Waals surface area contributed by atoms with E-state index in [2.05, 4.69) is 17.3 Å². The molecule has 0 saturated carbocycles. The molecule has 1 saturated heterocycles. The van der Waals surface area contributed by atoms with Crippen molar-refractivity contribution in [3.63, 3.8) is 0 Å². The molecule has 0 unspecified atom stereocenters. The van der Waals surface area contributed by atoms with Crippen LogP contribution in [0.4, 0.5) is 0 Å². The molecule has 2 heterocycles. The van der Waals surface area contributed by atoms with E-state index in [0.29, 0.717) is 0 Å². The first kappa shape index (κ1) is 9.68. The number of rotatable bonds is 2. The van der Waals surface area contributed by atoms with Gasteiger partial charge in [-0.05, 0) is 6.92 Å². The van der Waals surface area contributed by atoms with Crippen molar-refractivity contribution in [3.05, 3.63) is 17.5 Å². The Morgan fingerprint density at radius 1 is 1.50 bits per heavy atom. The molecule has 3 N–H and O–H groups in total. The number of quaternary nitrogens is 2. The first-order valence-electron chi connectivity index (χ1n) is 5.40. The normalized spacial score (nSPS) is 18.7. The van der Waals surface area contributed by atoms with Gasteiger partial charge in [0, 0.05) is 18.3 Å². The quantitative estimate of drug-likeness (QED) is 0.548. The highest BCUT2D eigenvalue weighted by molar-refractivity contribution is 5.14. The predicted molar refractivity (Wildman–Crippen MR) is 54.0 cm³/mol. The Labute approximate surface area is 84.9 Å². The Hall–Kier alpha value is -0.870. The van der Waals surface area contributed by atoms with Gasteiger partial charge in [0.15, 0.2) is 0 Å². The van der Waals surface area contributed by atoms with Crippen LogP contribution in [-0.2, 0) is 13.6 Å². The van der Waals surface area contributed by atoms with E-state index < -0.39 is 0 Å². The monoisotopic (exact) mass is 196 g/mol. The Bertz CT molecular complexity index is 299. The molecule has 1 aromatic heterocycles. The zero-order valence-corrected chi connectivity index (χ0v) is 9.08. The van der Waals surface area contributed by atoms with Crippen molar-refractivity contribution in [1.82, 2.24) is 9.78 Å². The third-order valence-corrected chi connectivity index (χ3v) is 3.18. The third kappa shape index (κ3) is 1.96. The van der Waals surface area contributed by atoms with Crippen LogP contribution in [0.5, 0.6) is 0 Å². The fraction of sp³-hybridized carbons (Fsp3) is 0.700. The SMILES string of the molecule is Cc1c(C[NH+]2CC[NH2+]CC2)cnn1C. The molecule has 0 amide bonds. The van der Waals surface area contributed by atoms with Crippen molar-refractivity contribution in [2.45, 2.75) is 13.5 Å². The molecule has 1 aromatic rings. The van der Waals surface area contributed by atoms with Crippen LogP contribution in [0.3, 0.4) is 0 Å². The molecule has 4 heteroatoms. The highest BCUT2D eigenvalue weighted by Gasteiger charge is 2.17. The summed E-state index contributed by atoms with van der Waals surface area (Å²) in [4.78, 5) is 1.70. The van der Waals surface area contributed by atoms with Crippen molar-refractivity contribution < 1.29 is 10.2 Å². The molecule has 14 heavy (non-hydrogen) atoms. The Kier molecular flexibility index (Phi) is 2.84. The first-order valence-corrected chi connectivity index (χ1v) is 5.40. The van der Waals surface area contributed by atoms with Gasteiger partial charge in [-0.1, -0.05) is 0 Å². The molecular weight excluding hydrogens is 176 g/mol. The van der Waals surface area contributed by atoms with E-state index in [-0.39, 0.29) is 0 Å². The molecule has 0 aliphatic carbocycles. The van der Waals surface area contributed by atoms with E-state index in [1.54, 1.807) is 4.90 Å². The van der Waals surface area contributed by atoms with Crippen LogP contribution in [0.1, 0.15) is 11.3 Å². The van der Waals surface area contributed by atoms with Crippen molar-refractivity contribution in [2.24, 2.45) is 7.05 Å². The summed E-state index contributed by atoms with van der Waals surface area (Å²) in [5, 5.41) is 6.68. The van der Waals surface area contributed by atoms with E-state index in [1.165, 1.54) is 37.4 Å². The van der Waals surface area contributed by atoms with Crippen LogP contribution in [-0.4, -0.2) is 36.0 Å². The minimum absolute atomic E-state index is 1.15. The van der Waals surface area contributed by atoms with Gasteiger partial charge in [0.05, 0.1) is 6.20 Å². The van der Waals surface area contributed by atoms with Gasteiger partial charge >= 0.3 is 0 Å². The van der Waals surface area contributed by atoms with Crippen LogP contribution < -0.4 is 10.2 Å². The zero-order valence-electron chi connectivity index (χ0n) is 9.08. The van der Waals surface area contributed by atoms with Crippen molar-refractivity contribution in [2.75, 3.05) is 26.2 Å². The lowest BCUT2D eigenvalue weighted by Crippen LogP contribution is -3.19. The number of nitrogens with zero attached hydrogens (tertiary/aromatic N) is 2. The molecule has 2 rings (SSSR count). The van der Waals surface area contributed by atoms with Gasteiger partial charge in [0.1, 0.15) is 32.7 Å². The maximum absolute atomic E-state index is 4.28. The molecule has 1 aliphatic rings. The Morgan fingerprint density at radius 2 is 2.21 bits per heavy atom. The topological polar surface area (TPSA) is 38.9 Å². The number of hydrogen-bond donors (Lipinski definition) is 2. The third-order valence-electron chi connectivity index (χ3n) is 3.18. The van der Waals surface area contributed by atoms with Gasteiger partial charge in [-0.25, -0.2) is 0 Å². The number of piperazine rings is 1. The molecule has 4 nitrogen and oxygen atoms in total. The first-order chi connectivity index (χ1) is 6.77. The number of aromatic nitrogens is 2. The smallest absolute Gasteiger partial charge is 0.127 e. The zero-order chi connectivity index (χ0) is 9.97. The van der Waals surface area contributed by atoms with Gasteiger partial charge < -0.3 is 10.2 Å². The fourth-order valence-corrected chi connectivity index (χ4v) is 2.05. The second kappa shape index (κ2) is 4.11. The molecule has 0 aromatic carbocycles. The fourth-order valence-electron chi connectivity index (χ4n) is 2.05. The second-order valence-corrected chi connectivity index (χ2v) is 4.17. The average molecular weight is 196 g/mol. The lowest BCUT2D eigenvalue weighted by atomic mass is 10.2. The van der Waals surface area contributed by atoms with Crippen LogP contribution in [0, 0.1) is 6.92 Å². The molecule has 0 spiro atoms. The predicted octanol–water partition coefficient (Wildman–Crippen LogP) is -2.31. The summed E-state index contributed by atoms with van der Waals surface area (Å²) in [6.45, 7) is 8.41. The highest BCUT2D eigenvalue weighted by atomic mass is 15.3. The van der Waals surface area contributed by atoms with Crippen LogP contribution in [0.25, 0.3) is 0 Å². The molecule has 1 fully saturated rings. The average Bonchev–Trinajstić information content (AvgIpc) is 2.52. The maximum atomic E-state index is 4.28. The molecular formula is C10H20N4+2. The van der Waals surface area contributed by atoms with Gasteiger partial charge in [-0.2, -0.15) is 5.10 Å².